The molecule has 1 aromatic carbocycles. The van der Waals surface area contributed by atoms with E-state index in [4.69, 9.17) is 0 Å². The van der Waals surface area contributed by atoms with Gasteiger partial charge in [-0.3, -0.25) is 0 Å². The molecule has 0 atom stereocenters. The molecular formula is C8H4BrIOS. The summed E-state index contributed by atoms with van der Waals surface area (Å²) in [6, 6.07) is 4.02. The summed E-state index contributed by atoms with van der Waals surface area (Å²) in [6.45, 7) is 0. The molecule has 4 heteroatoms. The zero-order valence-electron chi connectivity index (χ0n) is 5.84. The third-order valence-corrected chi connectivity index (χ3v) is 4.10. The molecule has 2 aromatic rings. The van der Waals surface area contributed by atoms with Gasteiger partial charge in [-0.15, -0.1) is 11.3 Å². The highest BCUT2D eigenvalue weighted by molar-refractivity contribution is 14.1. The van der Waals surface area contributed by atoms with E-state index in [1.165, 1.54) is 0 Å². The van der Waals surface area contributed by atoms with Gasteiger partial charge in [0.2, 0.25) is 0 Å². The number of thiophene rings is 1. The van der Waals surface area contributed by atoms with Crippen LogP contribution in [0.1, 0.15) is 0 Å². The number of halogens is 2. The lowest BCUT2D eigenvalue weighted by Crippen LogP contribution is -1.71. The number of rotatable bonds is 0. The van der Waals surface area contributed by atoms with Crippen molar-refractivity contribution in [1.82, 2.24) is 0 Å². The van der Waals surface area contributed by atoms with Crippen LogP contribution in [0.2, 0.25) is 0 Å². The van der Waals surface area contributed by atoms with Gasteiger partial charge in [-0.2, -0.15) is 0 Å². The standard InChI is InChI=1S/C8H4BrIOS/c9-6-2-4(10)1-5-7(11)3-12-8(5)6/h1-3,11H. The molecule has 2 rings (SSSR count). The van der Waals surface area contributed by atoms with Crippen molar-refractivity contribution in [2.75, 3.05) is 0 Å². The van der Waals surface area contributed by atoms with E-state index in [-0.39, 0.29) is 0 Å². The molecule has 0 spiro atoms. The molecule has 0 aliphatic heterocycles. The highest BCUT2D eigenvalue weighted by atomic mass is 127. The van der Waals surface area contributed by atoms with Gasteiger partial charge >= 0.3 is 0 Å². The molecule has 0 unspecified atom stereocenters. The van der Waals surface area contributed by atoms with Gasteiger partial charge < -0.3 is 5.11 Å². The Morgan fingerprint density at radius 3 is 2.92 bits per heavy atom. The maximum Gasteiger partial charge on any atom is 0.134 e. The first-order chi connectivity index (χ1) is 5.68. The smallest absolute Gasteiger partial charge is 0.134 e. The van der Waals surface area contributed by atoms with E-state index < -0.39 is 0 Å². The number of aromatic hydroxyl groups is 1. The Hall–Kier alpha value is 0.190. The van der Waals surface area contributed by atoms with Crippen LogP contribution in [0.4, 0.5) is 0 Å². The number of benzene rings is 1. The zero-order chi connectivity index (χ0) is 8.72. The molecule has 1 nitrogen and oxygen atoms in total. The summed E-state index contributed by atoms with van der Waals surface area (Å²) in [5.74, 6) is 0.370. The summed E-state index contributed by atoms with van der Waals surface area (Å²) in [5, 5.41) is 12.1. The number of hydrogen-bond acceptors (Lipinski definition) is 2. The van der Waals surface area contributed by atoms with Gasteiger partial charge in [-0.25, -0.2) is 0 Å². The quantitative estimate of drug-likeness (QED) is 0.709. The monoisotopic (exact) mass is 354 g/mol. The van der Waals surface area contributed by atoms with Crippen molar-refractivity contribution < 1.29 is 5.11 Å². The third-order valence-electron chi connectivity index (χ3n) is 1.57. The summed E-state index contributed by atoms with van der Waals surface area (Å²) in [4.78, 5) is 0. The highest BCUT2D eigenvalue weighted by Crippen LogP contribution is 2.37. The lowest BCUT2D eigenvalue weighted by Gasteiger charge is -1.95. The van der Waals surface area contributed by atoms with E-state index in [2.05, 4.69) is 38.5 Å². The maximum atomic E-state index is 9.45. The fraction of sp³-hybridized carbons (Fsp3) is 0. The second-order valence-electron chi connectivity index (χ2n) is 2.39. The molecule has 12 heavy (non-hydrogen) atoms. The fourth-order valence-corrected chi connectivity index (χ4v) is 3.66. The van der Waals surface area contributed by atoms with E-state index in [1.54, 1.807) is 16.7 Å². The van der Waals surface area contributed by atoms with Crippen LogP contribution in [0.15, 0.2) is 22.0 Å². The van der Waals surface area contributed by atoms with Crippen molar-refractivity contribution >= 4 is 59.9 Å². The van der Waals surface area contributed by atoms with Crippen molar-refractivity contribution in [3.8, 4) is 5.75 Å². The molecule has 0 fully saturated rings. The minimum Gasteiger partial charge on any atom is -0.506 e. The molecule has 0 radical (unpaired) electrons. The van der Waals surface area contributed by atoms with Crippen LogP contribution >= 0.6 is 49.9 Å². The van der Waals surface area contributed by atoms with E-state index >= 15 is 0 Å². The first-order valence-corrected chi connectivity index (χ1v) is 5.99. The Balaban J connectivity index is 2.92. The molecule has 0 amide bonds. The minimum absolute atomic E-state index is 0.370. The Kier molecular flexibility index (Phi) is 2.31. The lowest BCUT2D eigenvalue weighted by atomic mass is 10.2. The van der Waals surface area contributed by atoms with Gasteiger partial charge in [-0.1, -0.05) is 0 Å². The summed E-state index contributed by atoms with van der Waals surface area (Å²) < 4.78 is 3.28. The molecule has 0 bridgehead atoms. The molecule has 0 saturated heterocycles. The van der Waals surface area contributed by atoms with E-state index in [9.17, 15) is 5.11 Å². The largest absolute Gasteiger partial charge is 0.506 e. The molecule has 1 N–H and O–H groups in total. The molecule has 0 aliphatic rings. The van der Waals surface area contributed by atoms with Crippen molar-refractivity contribution in [2.24, 2.45) is 0 Å². The predicted octanol–water partition coefficient (Wildman–Crippen LogP) is 3.97. The molecule has 1 heterocycles. The second kappa shape index (κ2) is 3.16. The first-order valence-electron chi connectivity index (χ1n) is 3.23. The second-order valence-corrected chi connectivity index (χ2v) is 5.36. The maximum absolute atomic E-state index is 9.45. The lowest BCUT2D eigenvalue weighted by molar-refractivity contribution is 0.483. The molecule has 62 valence electrons. The fourth-order valence-electron chi connectivity index (χ4n) is 1.05. The normalized spacial score (nSPS) is 10.8. The van der Waals surface area contributed by atoms with Crippen LogP contribution in [0.3, 0.4) is 0 Å². The van der Waals surface area contributed by atoms with Crippen molar-refractivity contribution in [3.05, 3.63) is 25.6 Å². The Morgan fingerprint density at radius 1 is 1.42 bits per heavy atom. The Labute approximate surface area is 95.7 Å². The topological polar surface area (TPSA) is 20.2 Å². The van der Waals surface area contributed by atoms with Gasteiger partial charge in [0.1, 0.15) is 5.75 Å². The SMILES string of the molecule is Oc1csc2c(Br)cc(I)cc12. The van der Waals surface area contributed by atoms with Gasteiger partial charge in [0, 0.05) is 18.8 Å². The van der Waals surface area contributed by atoms with Crippen molar-refractivity contribution in [3.63, 3.8) is 0 Å². The average Bonchev–Trinajstić information content (AvgIpc) is 2.33. The average molecular weight is 355 g/mol. The highest BCUT2D eigenvalue weighted by Gasteiger charge is 2.06. The predicted molar refractivity (Wildman–Crippen MR) is 63.9 cm³/mol. The molecular weight excluding hydrogens is 351 g/mol. The van der Waals surface area contributed by atoms with Crippen molar-refractivity contribution in [2.45, 2.75) is 0 Å². The molecule has 0 saturated carbocycles. The van der Waals surface area contributed by atoms with E-state index in [0.29, 0.717) is 5.75 Å². The summed E-state index contributed by atoms with van der Waals surface area (Å²) >= 11 is 7.24. The van der Waals surface area contributed by atoms with E-state index in [0.717, 1.165) is 18.1 Å². The Bertz CT molecular complexity index is 438. The molecule has 1 aromatic heterocycles. The summed E-state index contributed by atoms with van der Waals surface area (Å²) in [7, 11) is 0. The third kappa shape index (κ3) is 1.36. The molecule has 0 aliphatic carbocycles. The van der Waals surface area contributed by atoms with Gasteiger partial charge in [0.05, 0.1) is 4.70 Å². The van der Waals surface area contributed by atoms with Crippen molar-refractivity contribution in [1.29, 1.82) is 0 Å². The van der Waals surface area contributed by atoms with Crippen LogP contribution < -0.4 is 0 Å². The van der Waals surface area contributed by atoms with Gasteiger partial charge in [-0.05, 0) is 50.7 Å². The number of hydrogen-bond donors (Lipinski definition) is 1. The first kappa shape index (κ1) is 8.77. The van der Waals surface area contributed by atoms with Gasteiger partial charge in [0.15, 0.2) is 0 Å². The van der Waals surface area contributed by atoms with Crippen LogP contribution in [0, 0.1) is 3.57 Å². The zero-order valence-corrected chi connectivity index (χ0v) is 10.4. The summed E-state index contributed by atoms with van der Waals surface area (Å²) in [6.07, 6.45) is 0. The minimum atomic E-state index is 0.370. The number of fused-ring (bicyclic) bond motifs is 1. The van der Waals surface area contributed by atoms with Gasteiger partial charge in [0.25, 0.3) is 0 Å². The van der Waals surface area contributed by atoms with E-state index in [1.807, 2.05) is 12.1 Å². The Morgan fingerprint density at radius 2 is 2.17 bits per heavy atom. The van der Waals surface area contributed by atoms with Crippen LogP contribution in [0.5, 0.6) is 5.75 Å². The van der Waals surface area contributed by atoms with Crippen LogP contribution in [0.25, 0.3) is 10.1 Å². The van der Waals surface area contributed by atoms with Crippen LogP contribution in [-0.4, -0.2) is 5.11 Å². The van der Waals surface area contributed by atoms with Crippen LogP contribution in [-0.2, 0) is 0 Å². The summed E-state index contributed by atoms with van der Waals surface area (Å²) in [5.41, 5.74) is 0.